The quantitative estimate of drug-likeness (QED) is 0.584. The van der Waals surface area contributed by atoms with Crippen molar-refractivity contribution in [3.63, 3.8) is 0 Å². The summed E-state index contributed by atoms with van der Waals surface area (Å²) in [5.74, 6) is 0. The fourth-order valence-electron chi connectivity index (χ4n) is 2.83. The van der Waals surface area contributed by atoms with E-state index in [1.165, 1.54) is 27.3 Å². The van der Waals surface area contributed by atoms with Gasteiger partial charge in [-0.05, 0) is 51.5 Å². The number of hydrogen-bond donors (Lipinski definition) is 0. The molecule has 1 aromatic carbocycles. The number of amides is 1. The summed E-state index contributed by atoms with van der Waals surface area (Å²) in [6.45, 7) is 7.46. The number of aromatic nitrogens is 2. The second kappa shape index (κ2) is 8.55. The molecule has 0 spiro atoms. The van der Waals surface area contributed by atoms with Gasteiger partial charge in [0.15, 0.2) is 0 Å². The molecule has 0 fully saturated rings. The molecule has 0 bridgehead atoms. The number of hydrogen-bond acceptors (Lipinski definition) is 5. The fraction of sp³-hybridized carbons (Fsp3) is 0.304. The summed E-state index contributed by atoms with van der Waals surface area (Å²) in [6, 6.07) is 14.1. The van der Waals surface area contributed by atoms with Crippen molar-refractivity contribution in [1.82, 2.24) is 13.9 Å². The van der Waals surface area contributed by atoms with Crippen molar-refractivity contribution in [2.24, 2.45) is 0 Å². The Balaban J connectivity index is 1.98. The highest BCUT2D eigenvalue weighted by Gasteiger charge is 2.25. The number of ether oxygens (including phenoxy) is 1. The summed E-state index contributed by atoms with van der Waals surface area (Å²) in [7, 11) is -2.22. The minimum absolute atomic E-state index is 0.0479. The smallest absolute Gasteiger partial charge is 0.410 e. The van der Waals surface area contributed by atoms with Gasteiger partial charge in [0.05, 0.1) is 5.69 Å². The lowest BCUT2D eigenvalue weighted by molar-refractivity contribution is 0.0759. The Morgan fingerprint density at radius 1 is 1.13 bits per heavy atom. The minimum Gasteiger partial charge on any atom is -0.444 e. The third-order valence-corrected chi connectivity index (χ3v) is 6.65. The molecule has 3 aromatic rings. The largest absolute Gasteiger partial charge is 0.444 e. The lowest BCUT2D eigenvalue weighted by Gasteiger charge is -2.30. The molecule has 0 atom stereocenters. The lowest BCUT2D eigenvalue weighted by Crippen LogP contribution is -2.42. The highest BCUT2D eigenvalue weighted by atomic mass is 32.2. The predicted molar refractivity (Wildman–Crippen MR) is 119 cm³/mol. The Bertz CT molecular complexity index is 1160. The van der Waals surface area contributed by atoms with Crippen LogP contribution in [0, 0.1) is 6.92 Å². The number of carbonyl (C=O) groups excluding carboxylic acids is 1. The normalized spacial score (nSPS) is 11.9. The minimum atomic E-state index is -3.89. The molecular weight excluding hydrogens is 414 g/mol. The summed E-state index contributed by atoms with van der Waals surface area (Å²) in [6.07, 6.45) is 2.35. The van der Waals surface area contributed by atoms with Gasteiger partial charge in [0.2, 0.25) is 0 Å². The van der Waals surface area contributed by atoms with Crippen LogP contribution >= 0.6 is 0 Å². The zero-order valence-electron chi connectivity index (χ0n) is 18.4. The van der Waals surface area contributed by atoms with E-state index in [0.717, 1.165) is 11.3 Å². The highest BCUT2D eigenvalue weighted by molar-refractivity contribution is 7.90. The van der Waals surface area contributed by atoms with Gasteiger partial charge >= 0.3 is 6.09 Å². The van der Waals surface area contributed by atoms with Crippen LogP contribution in [0.3, 0.4) is 0 Å². The average Bonchev–Trinajstić information content (AvgIpc) is 3.17. The Morgan fingerprint density at radius 3 is 2.39 bits per heavy atom. The molecule has 7 nitrogen and oxygen atoms in total. The van der Waals surface area contributed by atoms with E-state index in [-0.39, 0.29) is 17.0 Å². The number of aryl methyl sites for hydroxylation is 1. The van der Waals surface area contributed by atoms with Crippen molar-refractivity contribution >= 4 is 16.1 Å². The molecule has 164 valence electrons. The number of carbonyl (C=O) groups is 1. The van der Waals surface area contributed by atoms with E-state index in [9.17, 15) is 13.2 Å². The molecule has 0 unspecified atom stereocenters. The van der Waals surface area contributed by atoms with E-state index >= 15 is 0 Å². The lowest BCUT2D eigenvalue weighted by atomic mass is 10.1. The summed E-state index contributed by atoms with van der Waals surface area (Å²) in [5, 5.41) is 0. The van der Waals surface area contributed by atoms with Gasteiger partial charge < -0.3 is 9.64 Å². The average molecular weight is 442 g/mol. The third kappa shape index (κ3) is 4.96. The maximum absolute atomic E-state index is 13.3. The molecule has 0 aliphatic rings. The number of nitrogens with zero attached hydrogens (tertiary/aromatic N) is 3. The van der Waals surface area contributed by atoms with Crippen molar-refractivity contribution in [1.29, 1.82) is 0 Å². The first-order chi connectivity index (χ1) is 14.5. The van der Waals surface area contributed by atoms with Crippen molar-refractivity contribution in [2.45, 2.75) is 44.7 Å². The first-order valence-corrected chi connectivity index (χ1v) is 11.3. The highest BCUT2D eigenvalue weighted by Crippen LogP contribution is 2.27. The molecule has 3 rings (SSSR count). The van der Waals surface area contributed by atoms with Crippen molar-refractivity contribution < 1.29 is 17.9 Å². The van der Waals surface area contributed by atoms with Crippen LogP contribution in [0.25, 0.3) is 11.3 Å². The van der Waals surface area contributed by atoms with Crippen LogP contribution in [0.2, 0.25) is 0 Å². The second-order valence-corrected chi connectivity index (χ2v) is 10.1. The number of rotatable bonds is 5. The van der Waals surface area contributed by atoms with Crippen molar-refractivity contribution in [2.75, 3.05) is 7.05 Å². The Labute approximate surface area is 183 Å². The molecule has 2 heterocycles. The molecule has 1 amide bonds. The first kappa shape index (κ1) is 22.6. The SMILES string of the molecule is Cc1ccc(S(=O)(=O)n2cc(COC(=O)N(C)C(C)(C)C)cc2-c2ccccc2)cn1. The van der Waals surface area contributed by atoms with Gasteiger partial charge in [0.25, 0.3) is 10.0 Å². The Kier molecular flexibility index (Phi) is 6.22. The standard InChI is InChI=1S/C23H27N3O4S/c1-17-11-12-20(14-24-17)31(28,29)26-15-18(13-21(26)19-9-7-6-8-10-19)16-30-22(27)25(5)23(2,3)4/h6-15H,16H2,1-5H3. The van der Waals surface area contributed by atoms with Crippen LogP contribution < -0.4 is 0 Å². The third-order valence-electron chi connectivity index (χ3n) is 5.00. The zero-order valence-corrected chi connectivity index (χ0v) is 19.2. The van der Waals surface area contributed by atoms with Gasteiger partial charge in [0.1, 0.15) is 11.5 Å². The summed E-state index contributed by atoms with van der Waals surface area (Å²) in [4.78, 5) is 18.0. The summed E-state index contributed by atoms with van der Waals surface area (Å²) >= 11 is 0. The van der Waals surface area contributed by atoms with Crippen LogP contribution in [-0.4, -0.2) is 41.0 Å². The molecule has 2 aromatic heterocycles. The molecule has 0 aliphatic carbocycles. The predicted octanol–water partition coefficient (Wildman–Crippen LogP) is 4.46. The topological polar surface area (TPSA) is 81.5 Å². The Hall–Kier alpha value is -3.13. The number of pyridine rings is 1. The molecule has 0 N–H and O–H groups in total. The van der Waals surface area contributed by atoms with Gasteiger partial charge in [-0.1, -0.05) is 30.3 Å². The van der Waals surface area contributed by atoms with Gasteiger partial charge in [-0.15, -0.1) is 0 Å². The van der Waals surface area contributed by atoms with Crippen molar-refractivity contribution in [3.8, 4) is 11.3 Å². The molecule has 0 aliphatic heterocycles. The monoisotopic (exact) mass is 441 g/mol. The van der Waals surface area contributed by atoms with E-state index in [1.807, 2.05) is 51.1 Å². The molecular formula is C23H27N3O4S. The van der Waals surface area contributed by atoms with E-state index in [2.05, 4.69) is 4.98 Å². The summed E-state index contributed by atoms with van der Waals surface area (Å²) < 4.78 is 33.3. The van der Waals surface area contributed by atoms with E-state index in [1.54, 1.807) is 26.1 Å². The molecule has 31 heavy (non-hydrogen) atoms. The van der Waals surface area contributed by atoms with Crippen LogP contribution in [0.5, 0.6) is 0 Å². The Morgan fingerprint density at radius 2 is 1.81 bits per heavy atom. The van der Waals surface area contributed by atoms with E-state index in [0.29, 0.717) is 11.3 Å². The van der Waals surface area contributed by atoms with E-state index < -0.39 is 16.1 Å². The van der Waals surface area contributed by atoms with Gasteiger partial charge in [-0.25, -0.2) is 17.2 Å². The molecule has 0 radical (unpaired) electrons. The number of benzene rings is 1. The zero-order chi connectivity index (χ0) is 22.8. The second-order valence-electron chi connectivity index (χ2n) is 8.32. The maximum atomic E-state index is 13.3. The fourth-order valence-corrected chi connectivity index (χ4v) is 4.17. The molecule has 0 saturated carbocycles. The molecule has 0 saturated heterocycles. The van der Waals surface area contributed by atoms with Crippen LogP contribution in [-0.2, 0) is 21.4 Å². The van der Waals surface area contributed by atoms with Crippen LogP contribution in [0.15, 0.2) is 65.8 Å². The maximum Gasteiger partial charge on any atom is 0.410 e. The van der Waals surface area contributed by atoms with Gasteiger partial charge in [-0.2, -0.15) is 0 Å². The van der Waals surface area contributed by atoms with Gasteiger partial charge in [-0.3, -0.25) is 4.98 Å². The van der Waals surface area contributed by atoms with E-state index in [4.69, 9.17) is 4.74 Å². The van der Waals surface area contributed by atoms with Gasteiger partial charge in [0, 0.05) is 36.2 Å². The summed E-state index contributed by atoms with van der Waals surface area (Å²) in [5.41, 5.74) is 2.12. The van der Waals surface area contributed by atoms with Crippen LogP contribution in [0.1, 0.15) is 32.0 Å². The molecule has 8 heteroatoms. The van der Waals surface area contributed by atoms with Crippen LogP contribution in [0.4, 0.5) is 4.79 Å². The first-order valence-electron chi connectivity index (χ1n) is 9.85. The van der Waals surface area contributed by atoms with Crippen molar-refractivity contribution in [3.05, 3.63) is 72.2 Å².